The molecule has 0 radical (unpaired) electrons. The minimum atomic E-state index is 0.581. The Morgan fingerprint density at radius 1 is 1.25 bits per heavy atom. The lowest BCUT2D eigenvalue weighted by atomic mass is 10.2. The first kappa shape index (κ1) is 20.6. The summed E-state index contributed by atoms with van der Waals surface area (Å²) in [5.41, 5.74) is 0.961. The van der Waals surface area contributed by atoms with E-state index in [4.69, 9.17) is 4.74 Å². The van der Waals surface area contributed by atoms with Gasteiger partial charge >= 0.3 is 0 Å². The van der Waals surface area contributed by atoms with Crippen molar-refractivity contribution in [1.29, 1.82) is 0 Å². The second kappa shape index (κ2) is 19.7. The second-order valence-electron chi connectivity index (χ2n) is 2.16. The first-order valence-electron chi connectivity index (χ1n) is 5.73. The van der Waals surface area contributed by atoms with E-state index >= 15 is 0 Å². The van der Waals surface area contributed by atoms with Gasteiger partial charge in [0.15, 0.2) is 0 Å². The summed E-state index contributed by atoms with van der Waals surface area (Å²) >= 11 is 3.99. The Labute approximate surface area is 107 Å². The zero-order chi connectivity index (χ0) is 13.4. The lowest BCUT2D eigenvalue weighted by molar-refractivity contribution is 0.293. The molecule has 0 aliphatic heterocycles. The number of hydrogen-bond donors (Lipinski definition) is 1. The Hall–Kier alpha value is -0.810. The lowest BCUT2D eigenvalue weighted by Gasteiger charge is -1.96. The molecule has 0 amide bonds. The molecule has 0 saturated carbocycles. The molecular formula is C14H26OS. The quantitative estimate of drug-likeness (QED) is 0.325. The van der Waals surface area contributed by atoms with Crippen LogP contribution in [0, 0.1) is 11.8 Å². The topological polar surface area (TPSA) is 9.23 Å². The fourth-order valence-corrected chi connectivity index (χ4v) is 0.690. The maximum absolute atomic E-state index is 5.00. The Morgan fingerprint density at radius 2 is 1.75 bits per heavy atom. The highest BCUT2D eigenvalue weighted by Gasteiger charge is 1.87. The summed E-state index contributed by atoms with van der Waals surface area (Å²) in [6, 6.07) is 0. The van der Waals surface area contributed by atoms with Crippen LogP contribution >= 0.6 is 12.6 Å². The van der Waals surface area contributed by atoms with E-state index in [1.807, 2.05) is 53.7 Å². The smallest absolute Gasteiger partial charge is 0.0936 e. The molecule has 0 heterocycles. The SMILES string of the molecule is C/C=C(C#CCS)\C=C(/C)OC.CC.CC. The van der Waals surface area contributed by atoms with Crippen LogP contribution in [0.2, 0.25) is 0 Å². The third-order valence-electron chi connectivity index (χ3n) is 1.30. The Kier molecular flexibility index (Phi) is 25.4. The number of methoxy groups -OCH3 is 1. The van der Waals surface area contributed by atoms with Gasteiger partial charge in [-0.25, -0.2) is 0 Å². The molecule has 0 bridgehead atoms. The molecule has 0 aromatic heterocycles. The van der Waals surface area contributed by atoms with Gasteiger partial charge in [0.25, 0.3) is 0 Å². The predicted molar refractivity (Wildman–Crippen MR) is 78.8 cm³/mol. The van der Waals surface area contributed by atoms with Crippen LogP contribution in [0.25, 0.3) is 0 Å². The third kappa shape index (κ3) is 15.7. The van der Waals surface area contributed by atoms with Gasteiger partial charge in [-0.2, -0.15) is 12.6 Å². The molecule has 16 heavy (non-hydrogen) atoms. The molecule has 94 valence electrons. The normalized spacial score (nSPS) is 9.75. The predicted octanol–water partition coefficient (Wildman–Crippen LogP) is 4.47. The van der Waals surface area contributed by atoms with Crippen molar-refractivity contribution in [2.75, 3.05) is 12.9 Å². The maximum atomic E-state index is 5.00. The number of ether oxygens (including phenoxy) is 1. The first-order chi connectivity index (χ1) is 7.74. The molecule has 1 nitrogen and oxygen atoms in total. The monoisotopic (exact) mass is 242 g/mol. The van der Waals surface area contributed by atoms with E-state index in [-0.39, 0.29) is 0 Å². The average molecular weight is 242 g/mol. The number of thiol groups is 1. The van der Waals surface area contributed by atoms with Crippen molar-refractivity contribution in [2.24, 2.45) is 0 Å². The molecule has 0 spiro atoms. The molecule has 0 aromatic rings. The Morgan fingerprint density at radius 3 is 2.06 bits per heavy atom. The molecule has 0 unspecified atom stereocenters. The van der Waals surface area contributed by atoms with Crippen molar-refractivity contribution in [3.63, 3.8) is 0 Å². The van der Waals surface area contributed by atoms with Gasteiger partial charge < -0.3 is 4.74 Å². The molecule has 0 saturated heterocycles. The van der Waals surface area contributed by atoms with Crippen molar-refractivity contribution in [2.45, 2.75) is 41.5 Å². The van der Waals surface area contributed by atoms with Crippen LogP contribution in [0.1, 0.15) is 41.5 Å². The third-order valence-corrected chi connectivity index (χ3v) is 1.46. The van der Waals surface area contributed by atoms with Crippen molar-refractivity contribution in [3.05, 3.63) is 23.5 Å². The molecule has 0 N–H and O–H groups in total. The molecule has 0 aliphatic rings. The van der Waals surface area contributed by atoms with Crippen LogP contribution in [-0.4, -0.2) is 12.9 Å². The number of allylic oxidation sites excluding steroid dienone is 4. The number of rotatable bonds is 2. The van der Waals surface area contributed by atoms with E-state index in [1.165, 1.54) is 0 Å². The second-order valence-corrected chi connectivity index (χ2v) is 2.48. The van der Waals surface area contributed by atoms with E-state index < -0.39 is 0 Å². The van der Waals surface area contributed by atoms with Gasteiger partial charge in [-0.1, -0.05) is 45.6 Å². The largest absolute Gasteiger partial charge is 0.501 e. The Balaban J connectivity index is -0.000000376. The highest BCUT2D eigenvalue weighted by Crippen LogP contribution is 2.01. The highest BCUT2D eigenvalue weighted by atomic mass is 32.1. The summed E-state index contributed by atoms with van der Waals surface area (Å²) in [6.07, 6.45) is 3.84. The fourth-order valence-electron chi connectivity index (χ4n) is 0.611. The average Bonchev–Trinajstić information content (AvgIpc) is 2.38. The minimum absolute atomic E-state index is 0.581. The highest BCUT2D eigenvalue weighted by molar-refractivity contribution is 7.80. The van der Waals surface area contributed by atoms with Crippen molar-refractivity contribution in [1.82, 2.24) is 0 Å². The van der Waals surface area contributed by atoms with Gasteiger partial charge in [0, 0.05) is 5.57 Å². The van der Waals surface area contributed by atoms with Crippen LogP contribution in [0.15, 0.2) is 23.5 Å². The summed E-state index contributed by atoms with van der Waals surface area (Å²) in [4.78, 5) is 0. The summed E-state index contributed by atoms with van der Waals surface area (Å²) in [7, 11) is 1.64. The van der Waals surface area contributed by atoms with Gasteiger partial charge in [0.05, 0.1) is 18.6 Å². The van der Waals surface area contributed by atoms with E-state index in [0.29, 0.717) is 5.75 Å². The summed E-state index contributed by atoms with van der Waals surface area (Å²) in [5, 5.41) is 0. The summed E-state index contributed by atoms with van der Waals surface area (Å²) in [5.74, 6) is 7.28. The molecular weight excluding hydrogens is 216 g/mol. The van der Waals surface area contributed by atoms with Crippen molar-refractivity contribution >= 4 is 12.6 Å². The van der Waals surface area contributed by atoms with Gasteiger partial charge in [-0.15, -0.1) is 0 Å². The van der Waals surface area contributed by atoms with Crippen LogP contribution in [0.3, 0.4) is 0 Å². The molecule has 0 rings (SSSR count). The molecule has 2 heteroatoms. The van der Waals surface area contributed by atoms with Gasteiger partial charge in [0.2, 0.25) is 0 Å². The van der Waals surface area contributed by atoms with Gasteiger partial charge in [-0.3, -0.25) is 0 Å². The van der Waals surface area contributed by atoms with E-state index in [9.17, 15) is 0 Å². The van der Waals surface area contributed by atoms with Gasteiger partial charge in [-0.05, 0) is 19.9 Å². The molecule has 0 atom stereocenters. The maximum Gasteiger partial charge on any atom is 0.0936 e. The Bertz CT molecular complexity index is 241. The van der Waals surface area contributed by atoms with E-state index in [0.717, 1.165) is 11.3 Å². The zero-order valence-electron chi connectivity index (χ0n) is 11.7. The standard InChI is InChI=1S/C10H14OS.2C2H6/c1-4-10(6-5-7-12)8-9(2)11-3;2*1-2/h4,8,12H,7H2,1-3H3;2*1-2H3/b9-8+,10-4-;;. The first-order valence-corrected chi connectivity index (χ1v) is 6.36. The summed E-state index contributed by atoms with van der Waals surface area (Å²) in [6.45, 7) is 11.8. The zero-order valence-corrected chi connectivity index (χ0v) is 12.6. The van der Waals surface area contributed by atoms with Gasteiger partial charge in [0.1, 0.15) is 0 Å². The minimum Gasteiger partial charge on any atom is -0.501 e. The fraction of sp³-hybridized carbons (Fsp3) is 0.571. The van der Waals surface area contributed by atoms with Crippen molar-refractivity contribution in [3.8, 4) is 11.8 Å². The molecule has 0 aliphatic carbocycles. The number of hydrogen-bond acceptors (Lipinski definition) is 2. The van der Waals surface area contributed by atoms with Crippen LogP contribution in [0.4, 0.5) is 0 Å². The van der Waals surface area contributed by atoms with E-state index in [2.05, 4.69) is 24.5 Å². The van der Waals surface area contributed by atoms with Crippen LogP contribution in [0.5, 0.6) is 0 Å². The molecule has 0 aromatic carbocycles. The van der Waals surface area contributed by atoms with Crippen LogP contribution in [-0.2, 0) is 4.74 Å². The van der Waals surface area contributed by atoms with Crippen molar-refractivity contribution < 1.29 is 4.74 Å². The summed E-state index contributed by atoms with van der Waals surface area (Å²) < 4.78 is 5.00. The van der Waals surface area contributed by atoms with E-state index in [1.54, 1.807) is 7.11 Å². The lowest BCUT2D eigenvalue weighted by Crippen LogP contribution is -1.81. The van der Waals surface area contributed by atoms with Crippen LogP contribution < -0.4 is 0 Å². The molecule has 0 fully saturated rings.